The molecule has 0 spiro atoms. The first-order valence-corrected chi connectivity index (χ1v) is 7.75. The molecule has 0 aliphatic carbocycles. The molecule has 2 rings (SSSR count). The average Bonchev–Trinajstić information content (AvgIpc) is 2.84. The third-order valence-electron chi connectivity index (χ3n) is 3.32. The number of nitrogens with zero attached hydrogens (tertiary/aromatic N) is 1. The lowest BCUT2D eigenvalue weighted by Crippen LogP contribution is -2.29. The molecule has 2 nitrogen and oxygen atoms in total. The number of hydrogen-bond acceptors (Lipinski definition) is 3. The molecule has 0 amide bonds. The molecule has 1 heterocycles. The van der Waals surface area contributed by atoms with Gasteiger partial charge in [-0.1, -0.05) is 30.3 Å². The largest absolute Gasteiger partial charge is 0.306 e. The Morgan fingerprint density at radius 2 is 1.95 bits per heavy atom. The third-order valence-corrected chi connectivity index (χ3v) is 4.12. The summed E-state index contributed by atoms with van der Waals surface area (Å²) in [4.78, 5) is 4.54. The summed E-state index contributed by atoms with van der Waals surface area (Å²) in [7, 11) is 0. The molecule has 2 atom stereocenters. The summed E-state index contributed by atoms with van der Waals surface area (Å²) in [6.07, 6.45) is 2.27. The molecule has 0 fully saturated rings. The number of thiazole rings is 1. The summed E-state index contributed by atoms with van der Waals surface area (Å²) in [6.45, 7) is 6.49. The molecule has 0 saturated heterocycles. The minimum atomic E-state index is 0.329. The lowest BCUT2D eigenvalue weighted by Gasteiger charge is -2.18. The van der Waals surface area contributed by atoms with Crippen molar-refractivity contribution in [1.82, 2.24) is 10.3 Å². The Kier molecular flexibility index (Phi) is 5.11. The van der Waals surface area contributed by atoms with E-state index in [4.69, 9.17) is 0 Å². The van der Waals surface area contributed by atoms with Crippen molar-refractivity contribution in [3.8, 4) is 0 Å². The third kappa shape index (κ3) is 4.44. The highest BCUT2D eigenvalue weighted by atomic mass is 32.1. The van der Waals surface area contributed by atoms with Gasteiger partial charge in [-0.3, -0.25) is 0 Å². The van der Waals surface area contributed by atoms with Gasteiger partial charge in [-0.2, -0.15) is 0 Å². The molecule has 3 heteroatoms. The molecule has 0 bridgehead atoms. The van der Waals surface area contributed by atoms with Crippen LogP contribution >= 0.6 is 11.3 Å². The van der Waals surface area contributed by atoms with Gasteiger partial charge in [0.05, 0.1) is 10.7 Å². The van der Waals surface area contributed by atoms with Crippen molar-refractivity contribution in [2.75, 3.05) is 0 Å². The molecule has 2 unspecified atom stereocenters. The van der Waals surface area contributed by atoms with Gasteiger partial charge in [0, 0.05) is 17.5 Å². The predicted octanol–water partition coefficient (Wildman–Crippen LogP) is 4.12. The molecular weight excluding hydrogens is 252 g/mol. The Balaban J connectivity index is 1.79. The molecule has 1 aromatic heterocycles. The van der Waals surface area contributed by atoms with Gasteiger partial charge in [-0.15, -0.1) is 11.3 Å². The number of aryl methyl sites for hydroxylation is 2. The maximum Gasteiger partial charge on any atom is 0.0898 e. The zero-order valence-electron chi connectivity index (χ0n) is 11.9. The van der Waals surface area contributed by atoms with E-state index in [0.29, 0.717) is 12.1 Å². The Hall–Kier alpha value is -1.19. The lowest BCUT2D eigenvalue weighted by molar-refractivity contribution is 0.451. The van der Waals surface area contributed by atoms with E-state index in [2.05, 4.69) is 66.8 Å². The molecule has 102 valence electrons. The van der Waals surface area contributed by atoms with Crippen molar-refractivity contribution in [2.45, 2.75) is 45.7 Å². The van der Waals surface area contributed by atoms with E-state index >= 15 is 0 Å². The van der Waals surface area contributed by atoms with Crippen LogP contribution in [0.2, 0.25) is 0 Å². The van der Waals surface area contributed by atoms with Crippen LogP contribution in [-0.4, -0.2) is 11.0 Å². The predicted molar refractivity (Wildman–Crippen MR) is 82.6 cm³/mol. The Labute approximate surface area is 119 Å². The minimum absolute atomic E-state index is 0.329. The van der Waals surface area contributed by atoms with Gasteiger partial charge in [0.2, 0.25) is 0 Å². The number of hydrogen-bond donors (Lipinski definition) is 1. The summed E-state index contributed by atoms with van der Waals surface area (Å²) in [5.41, 5.74) is 2.57. The molecule has 0 saturated carbocycles. The zero-order valence-corrected chi connectivity index (χ0v) is 12.7. The topological polar surface area (TPSA) is 24.9 Å². The maximum atomic E-state index is 4.54. The van der Waals surface area contributed by atoms with Crippen molar-refractivity contribution in [3.63, 3.8) is 0 Å². The van der Waals surface area contributed by atoms with Crippen molar-refractivity contribution in [1.29, 1.82) is 0 Å². The quantitative estimate of drug-likeness (QED) is 0.857. The molecule has 0 aliphatic rings. The first-order valence-electron chi connectivity index (χ1n) is 6.87. The van der Waals surface area contributed by atoms with E-state index in [1.54, 1.807) is 11.3 Å². The second-order valence-corrected chi connectivity index (χ2v) is 6.17. The second-order valence-electron chi connectivity index (χ2n) is 5.11. The molecule has 1 N–H and O–H groups in total. The van der Waals surface area contributed by atoms with Crippen LogP contribution in [0, 0.1) is 6.92 Å². The molecule has 2 aromatic rings. The first-order chi connectivity index (χ1) is 9.15. The van der Waals surface area contributed by atoms with E-state index in [9.17, 15) is 0 Å². The highest BCUT2D eigenvalue weighted by Crippen LogP contribution is 2.17. The van der Waals surface area contributed by atoms with Crippen LogP contribution in [0.15, 0.2) is 35.7 Å². The molecule has 0 radical (unpaired) electrons. The lowest BCUT2D eigenvalue weighted by atomic mass is 10.1. The molecule has 1 aromatic carbocycles. The SMILES string of the molecule is Cc1nc(C(C)NC(C)CCc2ccccc2)cs1. The average molecular weight is 274 g/mol. The van der Waals surface area contributed by atoms with Crippen molar-refractivity contribution >= 4 is 11.3 Å². The van der Waals surface area contributed by atoms with E-state index in [0.717, 1.165) is 23.5 Å². The van der Waals surface area contributed by atoms with Crippen LogP contribution in [0.3, 0.4) is 0 Å². The van der Waals surface area contributed by atoms with Crippen LogP contribution in [0.1, 0.15) is 42.6 Å². The van der Waals surface area contributed by atoms with E-state index in [1.165, 1.54) is 5.56 Å². The minimum Gasteiger partial charge on any atom is -0.306 e. The highest BCUT2D eigenvalue weighted by Gasteiger charge is 2.11. The van der Waals surface area contributed by atoms with E-state index in [-0.39, 0.29) is 0 Å². The van der Waals surface area contributed by atoms with Crippen molar-refractivity contribution in [3.05, 3.63) is 52.0 Å². The summed E-state index contributed by atoms with van der Waals surface area (Å²) in [5, 5.41) is 6.91. The Morgan fingerprint density at radius 3 is 2.58 bits per heavy atom. The highest BCUT2D eigenvalue weighted by molar-refractivity contribution is 7.09. The smallest absolute Gasteiger partial charge is 0.0898 e. The first kappa shape index (κ1) is 14.2. The fourth-order valence-electron chi connectivity index (χ4n) is 2.20. The van der Waals surface area contributed by atoms with Gasteiger partial charge in [-0.05, 0) is 39.2 Å². The van der Waals surface area contributed by atoms with Gasteiger partial charge >= 0.3 is 0 Å². The van der Waals surface area contributed by atoms with Crippen LogP contribution in [0.25, 0.3) is 0 Å². The fraction of sp³-hybridized carbons (Fsp3) is 0.438. The van der Waals surface area contributed by atoms with Gasteiger partial charge in [-0.25, -0.2) is 4.98 Å². The molecule has 19 heavy (non-hydrogen) atoms. The second kappa shape index (κ2) is 6.83. The summed E-state index contributed by atoms with van der Waals surface area (Å²) >= 11 is 1.72. The summed E-state index contributed by atoms with van der Waals surface area (Å²) in [6, 6.07) is 11.5. The van der Waals surface area contributed by atoms with Crippen LogP contribution in [0.4, 0.5) is 0 Å². The fourth-order valence-corrected chi connectivity index (χ4v) is 2.91. The summed E-state index contributed by atoms with van der Waals surface area (Å²) in [5.74, 6) is 0. The van der Waals surface area contributed by atoms with E-state index < -0.39 is 0 Å². The van der Waals surface area contributed by atoms with Crippen molar-refractivity contribution in [2.24, 2.45) is 0 Å². The molecule has 0 aliphatic heterocycles. The molecular formula is C16H22N2S. The van der Waals surface area contributed by atoms with Gasteiger partial charge in [0.15, 0.2) is 0 Å². The number of benzene rings is 1. The van der Waals surface area contributed by atoms with Gasteiger partial charge in [0.25, 0.3) is 0 Å². The monoisotopic (exact) mass is 274 g/mol. The van der Waals surface area contributed by atoms with Gasteiger partial charge in [0.1, 0.15) is 0 Å². The Morgan fingerprint density at radius 1 is 1.21 bits per heavy atom. The number of rotatable bonds is 6. The number of aromatic nitrogens is 1. The van der Waals surface area contributed by atoms with Crippen LogP contribution < -0.4 is 5.32 Å². The summed E-state index contributed by atoms with van der Waals surface area (Å²) < 4.78 is 0. The Bertz CT molecular complexity index is 492. The zero-order chi connectivity index (χ0) is 13.7. The normalized spacial score (nSPS) is 14.3. The number of nitrogens with one attached hydrogen (secondary N) is 1. The van der Waals surface area contributed by atoms with Crippen LogP contribution in [0.5, 0.6) is 0 Å². The van der Waals surface area contributed by atoms with Crippen LogP contribution in [-0.2, 0) is 6.42 Å². The standard InChI is InChI=1S/C16H22N2S/c1-12(9-10-15-7-5-4-6-8-15)17-13(2)16-11-19-14(3)18-16/h4-8,11-13,17H,9-10H2,1-3H3. The maximum absolute atomic E-state index is 4.54. The van der Waals surface area contributed by atoms with E-state index in [1.807, 2.05) is 0 Å². The van der Waals surface area contributed by atoms with Gasteiger partial charge < -0.3 is 5.32 Å². The van der Waals surface area contributed by atoms with Crippen molar-refractivity contribution < 1.29 is 0 Å².